The van der Waals surface area contributed by atoms with Gasteiger partial charge in [-0.25, -0.2) is 4.98 Å². The zero-order valence-electron chi connectivity index (χ0n) is 8.71. The third kappa shape index (κ3) is 1.12. The molecule has 0 radical (unpaired) electrons. The fourth-order valence-electron chi connectivity index (χ4n) is 2.60. The molecule has 3 rings (SSSR count). The Morgan fingerprint density at radius 1 is 1.43 bits per heavy atom. The quantitative estimate of drug-likeness (QED) is 0.730. The van der Waals surface area contributed by atoms with E-state index in [2.05, 4.69) is 21.8 Å². The van der Waals surface area contributed by atoms with Gasteiger partial charge in [-0.05, 0) is 26.2 Å². The smallest absolute Gasteiger partial charge is 0.106 e. The lowest BCUT2D eigenvalue weighted by Gasteiger charge is -2.30. The average molecular weight is 191 g/mol. The van der Waals surface area contributed by atoms with Gasteiger partial charge in [-0.15, -0.1) is 0 Å². The van der Waals surface area contributed by atoms with Gasteiger partial charge in [-0.1, -0.05) is 0 Å². The van der Waals surface area contributed by atoms with Gasteiger partial charge >= 0.3 is 0 Å². The topological polar surface area (TPSA) is 29.9 Å². The molecule has 1 fully saturated rings. The van der Waals surface area contributed by atoms with E-state index in [-0.39, 0.29) is 0 Å². The molecule has 1 N–H and O–H groups in total. The second-order valence-electron chi connectivity index (χ2n) is 4.43. The minimum atomic E-state index is 0.768. The molecule has 0 unspecified atom stereocenters. The lowest BCUT2D eigenvalue weighted by Crippen LogP contribution is -2.27. The van der Waals surface area contributed by atoms with Gasteiger partial charge in [0.15, 0.2) is 0 Å². The van der Waals surface area contributed by atoms with Crippen molar-refractivity contribution in [3.05, 3.63) is 17.2 Å². The monoisotopic (exact) mass is 191 g/mol. The number of imidazole rings is 1. The number of nitrogens with one attached hydrogen (secondary N) is 1. The van der Waals surface area contributed by atoms with Gasteiger partial charge in [0, 0.05) is 31.2 Å². The molecule has 3 nitrogen and oxygen atoms in total. The minimum Gasteiger partial charge on any atom is -0.329 e. The van der Waals surface area contributed by atoms with Crippen LogP contribution in [-0.4, -0.2) is 16.1 Å². The van der Waals surface area contributed by atoms with Gasteiger partial charge in [-0.3, -0.25) is 0 Å². The van der Waals surface area contributed by atoms with Gasteiger partial charge in [0.05, 0.1) is 5.69 Å². The van der Waals surface area contributed by atoms with E-state index >= 15 is 0 Å². The first-order chi connectivity index (χ1) is 6.86. The lowest BCUT2D eigenvalue weighted by atomic mass is 9.92. The molecule has 1 saturated carbocycles. The molecule has 1 aliphatic carbocycles. The first-order valence-corrected chi connectivity index (χ1v) is 5.63. The molecular formula is C11H17N3. The Hall–Kier alpha value is -0.830. The SMILES string of the molecule is Cc1nc2c(n1C1CCC1)CCNC2. The standard InChI is InChI=1S/C11H17N3/c1-8-13-10-7-12-6-5-11(10)14(8)9-3-2-4-9/h9,12H,2-7H2,1H3. The van der Waals surface area contributed by atoms with Gasteiger partial charge in [-0.2, -0.15) is 0 Å². The zero-order chi connectivity index (χ0) is 9.54. The molecule has 2 heterocycles. The highest BCUT2D eigenvalue weighted by Gasteiger charge is 2.26. The average Bonchev–Trinajstić information content (AvgIpc) is 2.41. The molecule has 0 amide bonds. The summed E-state index contributed by atoms with van der Waals surface area (Å²) in [5.74, 6) is 1.23. The Bertz CT molecular complexity index is 350. The van der Waals surface area contributed by atoms with Crippen molar-refractivity contribution in [3.63, 3.8) is 0 Å². The largest absolute Gasteiger partial charge is 0.329 e. The van der Waals surface area contributed by atoms with Crippen molar-refractivity contribution >= 4 is 0 Å². The van der Waals surface area contributed by atoms with E-state index in [9.17, 15) is 0 Å². The Morgan fingerprint density at radius 2 is 2.29 bits per heavy atom. The maximum atomic E-state index is 4.65. The van der Waals surface area contributed by atoms with Crippen molar-refractivity contribution in [2.24, 2.45) is 0 Å². The van der Waals surface area contributed by atoms with Crippen LogP contribution in [0.5, 0.6) is 0 Å². The predicted octanol–water partition coefficient (Wildman–Crippen LogP) is 1.56. The minimum absolute atomic E-state index is 0.768. The summed E-state index contributed by atoms with van der Waals surface area (Å²) in [5.41, 5.74) is 2.80. The maximum absolute atomic E-state index is 4.65. The second kappa shape index (κ2) is 3.09. The van der Waals surface area contributed by atoms with E-state index in [0.717, 1.165) is 25.6 Å². The normalized spacial score (nSPS) is 21.8. The van der Waals surface area contributed by atoms with Crippen LogP contribution in [0.1, 0.15) is 42.5 Å². The van der Waals surface area contributed by atoms with Crippen LogP contribution in [0, 0.1) is 6.92 Å². The number of hydrogen-bond acceptors (Lipinski definition) is 2. The van der Waals surface area contributed by atoms with Crippen LogP contribution in [0.15, 0.2) is 0 Å². The molecule has 0 saturated heterocycles. The first kappa shape index (κ1) is 8.48. The van der Waals surface area contributed by atoms with Crippen LogP contribution in [0.3, 0.4) is 0 Å². The highest BCUT2D eigenvalue weighted by atomic mass is 15.1. The van der Waals surface area contributed by atoms with Gasteiger partial charge < -0.3 is 9.88 Å². The van der Waals surface area contributed by atoms with Crippen LogP contribution in [0.25, 0.3) is 0 Å². The number of fused-ring (bicyclic) bond motifs is 1. The molecule has 2 aliphatic rings. The number of aryl methyl sites for hydroxylation is 1. The van der Waals surface area contributed by atoms with Crippen LogP contribution in [0.4, 0.5) is 0 Å². The molecule has 14 heavy (non-hydrogen) atoms. The van der Waals surface area contributed by atoms with Gasteiger partial charge in [0.2, 0.25) is 0 Å². The van der Waals surface area contributed by atoms with E-state index in [0.29, 0.717) is 0 Å². The third-order valence-corrected chi connectivity index (χ3v) is 3.54. The molecule has 76 valence electrons. The molecular weight excluding hydrogens is 174 g/mol. The van der Waals surface area contributed by atoms with Gasteiger partial charge in [0.1, 0.15) is 5.82 Å². The fourth-order valence-corrected chi connectivity index (χ4v) is 2.60. The molecule has 3 heteroatoms. The molecule has 1 aliphatic heterocycles. The summed E-state index contributed by atoms with van der Waals surface area (Å²) in [7, 11) is 0. The number of rotatable bonds is 1. The lowest BCUT2D eigenvalue weighted by molar-refractivity contribution is 0.300. The summed E-state index contributed by atoms with van der Waals surface area (Å²) in [5, 5.41) is 3.38. The Morgan fingerprint density at radius 3 is 3.00 bits per heavy atom. The zero-order valence-corrected chi connectivity index (χ0v) is 8.71. The van der Waals surface area contributed by atoms with Gasteiger partial charge in [0.25, 0.3) is 0 Å². The van der Waals surface area contributed by atoms with Crippen molar-refractivity contribution in [2.75, 3.05) is 6.54 Å². The molecule has 0 atom stereocenters. The summed E-state index contributed by atoms with van der Waals surface area (Å²) < 4.78 is 2.50. The number of hydrogen-bond donors (Lipinski definition) is 1. The van der Waals surface area contributed by atoms with Crippen LogP contribution in [0.2, 0.25) is 0 Å². The second-order valence-corrected chi connectivity index (χ2v) is 4.43. The highest BCUT2D eigenvalue weighted by Crippen LogP contribution is 2.35. The van der Waals surface area contributed by atoms with Crippen molar-refractivity contribution < 1.29 is 0 Å². The molecule has 1 aromatic heterocycles. The Balaban J connectivity index is 2.03. The van der Waals surface area contributed by atoms with Crippen molar-refractivity contribution in [2.45, 2.75) is 45.2 Å². The van der Waals surface area contributed by atoms with Crippen molar-refractivity contribution in [1.29, 1.82) is 0 Å². The summed E-state index contributed by atoms with van der Waals surface area (Å²) in [6.07, 6.45) is 5.27. The molecule has 0 bridgehead atoms. The van der Waals surface area contributed by atoms with E-state index in [1.807, 2.05) is 0 Å². The third-order valence-electron chi connectivity index (χ3n) is 3.54. The molecule has 0 spiro atoms. The maximum Gasteiger partial charge on any atom is 0.106 e. The Kier molecular flexibility index (Phi) is 1.87. The molecule has 0 aromatic carbocycles. The fraction of sp³-hybridized carbons (Fsp3) is 0.727. The Labute approximate surface area is 84.5 Å². The van der Waals surface area contributed by atoms with E-state index in [4.69, 9.17) is 0 Å². The predicted molar refractivity (Wildman–Crippen MR) is 55.3 cm³/mol. The summed E-state index contributed by atoms with van der Waals surface area (Å²) >= 11 is 0. The summed E-state index contributed by atoms with van der Waals surface area (Å²) in [6, 6.07) is 0.768. The number of nitrogens with zero attached hydrogens (tertiary/aromatic N) is 2. The summed E-state index contributed by atoms with van der Waals surface area (Å²) in [6.45, 7) is 4.23. The van der Waals surface area contributed by atoms with E-state index in [1.54, 1.807) is 0 Å². The van der Waals surface area contributed by atoms with E-state index < -0.39 is 0 Å². The van der Waals surface area contributed by atoms with Crippen LogP contribution in [-0.2, 0) is 13.0 Å². The number of aromatic nitrogens is 2. The summed E-state index contributed by atoms with van der Waals surface area (Å²) in [4.78, 5) is 4.65. The molecule has 1 aromatic rings. The van der Waals surface area contributed by atoms with Crippen molar-refractivity contribution in [1.82, 2.24) is 14.9 Å². The van der Waals surface area contributed by atoms with E-state index in [1.165, 1.54) is 36.5 Å². The van der Waals surface area contributed by atoms with Crippen LogP contribution >= 0.6 is 0 Å². The first-order valence-electron chi connectivity index (χ1n) is 5.63. The van der Waals surface area contributed by atoms with Crippen molar-refractivity contribution in [3.8, 4) is 0 Å². The van der Waals surface area contributed by atoms with Crippen LogP contribution < -0.4 is 5.32 Å². The highest BCUT2D eigenvalue weighted by molar-refractivity contribution is 5.21.